The third kappa shape index (κ3) is 3.21. The number of ether oxygens (including phenoxy) is 1. The van der Waals surface area contributed by atoms with E-state index < -0.39 is 6.10 Å². The topological polar surface area (TPSA) is 60.4 Å². The van der Waals surface area contributed by atoms with Crippen LogP contribution in [0.4, 0.5) is 0 Å². The summed E-state index contributed by atoms with van der Waals surface area (Å²) in [5, 5.41) is 10.1. The molecule has 0 saturated heterocycles. The molecule has 1 atom stereocenters. The van der Waals surface area contributed by atoms with Gasteiger partial charge in [0.15, 0.2) is 0 Å². The maximum absolute atomic E-state index is 10.1. The number of nitrogens with zero attached hydrogens (tertiary/aromatic N) is 2. The molecule has 0 aliphatic rings. The first kappa shape index (κ1) is 14.8. The summed E-state index contributed by atoms with van der Waals surface area (Å²) in [5.41, 5.74) is 4.43. The Morgan fingerprint density at radius 1 is 1.32 bits per heavy atom. The number of rotatable bonds is 6. The molecule has 0 fully saturated rings. The molecule has 116 valence electrons. The molecule has 0 bridgehead atoms. The standard InChI is InChI=1S/C17H20N2O3/c1-12-6-16-17(7-13(12)2)19(11-18-16)8-14(20)9-21-10-15-4-3-5-22-15/h3-7,11,14,20H,8-10H2,1-2H3/t14-/m1/s1. The smallest absolute Gasteiger partial charge is 0.129 e. The van der Waals surface area contributed by atoms with Crippen LogP contribution in [-0.4, -0.2) is 27.4 Å². The molecule has 5 heteroatoms. The molecule has 0 aliphatic carbocycles. The zero-order valence-corrected chi connectivity index (χ0v) is 12.8. The van der Waals surface area contributed by atoms with Crippen LogP contribution < -0.4 is 0 Å². The summed E-state index contributed by atoms with van der Waals surface area (Å²) < 4.78 is 12.6. The van der Waals surface area contributed by atoms with E-state index in [1.807, 2.05) is 16.7 Å². The first-order chi connectivity index (χ1) is 10.6. The van der Waals surface area contributed by atoms with Gasteiger partial charge in [0.1, 0.15) is 12.4 Å². The van der Waals surface area contributed by atoms with E-state index in [4.69, 9.17) is 9.15 Å². The predicted octanol–water partition coefficient (Wildman–Crippen LogP) is 2.82. The highest BCUT2D eigenvalue weighted by Crippen LogP contribution is 2.18. The van der Waals surface area contributed by atoms with Crippen molar-refractivity contribution in [2.75, 3.05) is 6.61 Å². The van der Waals surface area contributed by atoms with Crippen LogP contribution in [0, 0.1) is 13.8 Å². The molecule has 5 nitrogen and oxygen atoms in total. The van der Waals surface area contributed by atoms with E-state index in [0.29, 0.717) is 13.2 Å². The molecule has 0 radical (unpaired) electrons. The summed E-state index contributed by atoms with van der Waals surface area (Å²) in [4.78, 5) is 4.39. The van der Waals surface area contributed by atoms with Crippen molar-refractivity contribution in [1.82, 2.24) is 9.55 Å². The lowest BCUT2D eigenvalue weighted by Gasteiger charge is -2.12. The Morgan fingerprint density at radius 3 is 2.91 bits per heavy atom. The van der Waals surface area contributed by atoms with Crippen LogP contribution in [0.5, 0.6) is 0 Å². The summed E-state index contributed by atoms with van der Waals surface area (Å²) in [7, 11) is 0. The van der Waals surface area contributed by atoms with Crippen molar-refractivity contribution in [3.63, 3.8) is 0 Å². The molecule has 0 aliphatic heterocycles. The number of hydrogen-bond acceptors (Lipinski definition) is 4. The van der Waals surface area contributed by atoms with E-state index in [2.05, 4.69) is 31.0 Å². The van der Waals surface area contributed by atoms with Gasteiger partial charge in [-0.3, -0.25) is 0 Å². The highest BCUT2D eigenvalue weighted by Gasteiger charge is 2.10. The van der Waals surface area contributed by atoms with Crippen molar-refractivity contribution in [2.45, 2.75) is 33.1 Å². The van der Waals surface area contributed by atoms with E-state index in [-0.39, 0.29) is 6.61 Å². The molecule has 1 N–H and O–H groups in total. The monoisotopic (exact) mass is 300 g/mol. The average Bonchev–Trinajstić information content (AvgIpc) is 3.11. The van der Waals surface area contributed by atoms with Crippen molar-refractivity contribution in [3.8, 4) is 0 Å². The van der Waals surface area contributed by atoms with Crippen LogP contribution in [0.3, 0.4) is 0 Å². The third-order valence-corrected chi connectivity index (χ3v) is 3.78. The normalized spacial score (nSPS) is 12.9. The second-order valence-corrected chi connectivity index (χ2v) is 5.57. The van der Waals surface area contributed by atoms with Crippen molar-refractivity contribution in [2.24, 2.45) is 0 Å². The second kappa shape index (κ2) is 6.34. The fourth-order valence-electron chi connectivity index (χ4n) is 2.43. The van der Waals surface area contributed by atoms with Gasteiger partial charge in [-0.25, -0.2) is 4.98 Å². The summed E-state index contributed by atoms with van der Waals surface area (Å²) in [6, 6.07) is 7.84. The maximum atomic E-state index is 10.1. The molecular formula is C17H20N2O3. The van der Waals surface area contributed by atoms with Gasteiger partial charge in [-0.05, 0) is 49.2 Å². The van der Waals surface area contributed by atoms with Crippen LogP contribution in [0.25, 0.3) is 11.0 Å². The number of hydrogen-bond donors (Lipinski definition) is 1. The molecule has 2 heterocycles. The van der Waals surface area contributed by atoms with Gasteiger partial charge in [-0.1, -0.05) is 0 Å². The van der Waals surface area contributed by atoms with Crippen LogP contribution >= 0.6 is 0 Å². The van der Waals surface area contributed by atoms with Crippen molar-refractivity contribution in [3.05, 3.63) is 53.7 Å². The molecule has 0 saturated carbocycles. The average molecular weight is 300 g/mol. The Balaban J connectivity index is 1.61. The van der Waals surface area contributed by atoms with Crippen molar-refractivity contribution < 1.29 is 14.3 Å². The number of benzene rings is 1. The third-order valence-electron chi connectivity index (χ3n) is 3.78. The maximum Gasteiger partial charge on any atom is 0.129 e. The lowest BCUT2D eigenvalue weighted by atomic mass is 10.1. The van der Waals surface area contributed by atoms with E-state index in [1.54, 1.807) is 12.6 Å². The summed E-state index contributed by atoms with van der Waals surface area (Å²) in [5.74, 6) is 0.756. The van der Waals surface area contributed by atoms with E-state index in [1.165, 1.54) is 11.1 Å². The van der Waals surface area contributed by atoms with Crippen LogP contribution in [-0.2, 0) is 17.9 Å². The van der Waals surface area contributed by atoms with Gasteiger partial charge >= 0.3 is 0 Å². The van der Waals surface area contributed by atoms with Crippen molar-refractivity contribution in [1.29, 1.82) is 0 Å². The lowest BCUT2D eigenvalue weighted by Crippen LogP contribution is -2.21. The van der Waals surface area contributed by atoms with Gasteiger partial charge in [-0.15, -0.1) is 0 Å². The molecule has 0 unspecified atom stereocenters. The molecule has 1 aromatic carbocycles. The van der Waals surface area contributed by atoms with E-state index in [9.17, 15) is 5.11 Å². The number of aliphatic hydroxyl groups is 1. The Labute approximate surface area is 129 Å². The SMILES string of the molecule is Cc1cc2ncn(C[C@@H](O)COCc3ccco3)c2cc1C. The molecule has 2 aromatic heterocycles. The minimum Gasteiger partial charge on any atom is -0.467 e. The van der Waals surface area contributed by atoms with Gasteiger partial charge in [0.2, 0.25) is 0 Å². The molecule has 0 amide bonds. The van der Waals surface area contributed by atoms with Crippen LogP contribution in [0.15, 0.2) is 41.3 Å². The second-order valence-electron chi connectivity index (χ2n) is 5.57. The minimum absolute atomic E-state index is 0.255. The van der Waals surface area contributed by atoms with E-state index in [0.717, 1.165) is 16.8 Å². The predicted molar refractivity (Wildman–Crippen MR) is 83.6 cm³/mol. The molecular weight excluding hydrogens is 280 g/mol. The Morgan fingerprint density at radius 2 is 2.14 bits per heavy atom. The number of imidazole rings is 1. The fraction of sp³-hybridized carbons (Fsp3) is 0.353. The molecule has 22 heavy (non-hydrogen) atoms. The minimum atomic E-state index is -0.589. The fourth-order valence-corrected chi connectivity index (χ4v) is 2.43. The zero-order chi connectivity index (χ0) is 15.5. The van der Waals surface area contributed by atoms with Gasteiger partial charge in [0.05, 0.1) is 42.9 Å². The quantitative estimate of drug-likeness (QED) is 0.760. The molecule has 3 aromatic rings. The summed E-state index contributed by atoms with van der Waals surface area (Å²) in [6.07, 6.45) is 2.78. The number of aromatic nitrogens is 2. The van der Waals surface area contributed by atoms with Gasteiger partial charge < -0.3 is 18.8 Å². The lowest BCUT2D eigenvalue weighted by molar-refractivity contribution is 0.0151. The number of aliphatic hydroxyl groups excluding tert-OH is 1. The highest BCUT2D eigenvalue weighted by molar-refractivity contribution is 5.77. The number of aryl methyl sites for hydroxylation is 2. The van der Waals surface area contributed by atoms with Crippen LogP contribution in [0.2, 0.25) is 0 Å². The highest BCUT2D eigenvalue weighted by atomic mass is 16.5. The Bertz CT molecular complexity index is 747. The van der Waals surface area contributed by atoms with Gasteiger partial charge in [0, 0.05) is 0 Å². The molecule has 0 spiro atoms. The van der Waals surface area contributed by atoms with E-state index >= 15 is 0 Å². The van der Waals surface area contributed by atoms with Crippen molar-refractivity contribution >= 4 is 11.0 Å². The van der Waals surface area contributed by atoms with Crippen LogP contribution in [0.1, 0.15) is 16.9 Å². The largest absolute Gasteiger partial charge is 0.467 e. The number of fused-ring (bicyclic) bond motifs is 1. The Kier molecular flexibility index (Phi) is 4.27. The summed E-state index contributed by atoms with van der Waals surface area (Å²) in [6.45, 7) is 5.23. The summed E-state index contributed by atoms with van der Waals surface area (Å²) >= 11 is 0. The van der Waals surface area contributed by atoms with Gasteiger partial charge in [-0.2, -0.15) is 0 Å². The first-order valence-electron chi connectivity index (χ1n) is 7.34. The molecule has 3 rings (SSSR count). The van der Waals surface area contributed by atoms with Gasteiger partial charge in [0.25, 0.3) is 0 Å². The Hall–Kier alpha value is -2.11. The zero-order valence-electron chi connectivity index (χ0n) is 12.8. The number of furan rings is 1. The first-order valence-corrected chi connectivity index (χ1v) is 7.34.